The zero-order chi connectivity index (χ0) is 26.4. The average Bonchev–Trinajstić information content (AvgIpc) is 3.39. The van der Waals surface area contributed by atoms with Crippen molar-refractivity contribution >= 4 is 23.0 Å². The predicted octanol–water partition coefficient (Wildman–Crippen LogP) is 5.10. The Labute approximate surface area is 216 Å². The van der Waals surface area contributed by atoms with E-state index in [1.807, 2.05) is 30.3 Å². The van der Waals surface area contributed by atoms with E-state index in [9.17, 15) is 9.59 Å². The smallest absolute Gasteiger partial charge is 0.306 e. The molecule has 2 atom stereocenters. The molecule has 0 aliphatic heterocycles. The quantitative estimate of drug-likeness (QED) is 0.397. The summed E-state index contributed by atoms with van der Waals surface area (Å²) in [5.41, 5.74) is 4.07. The molecule has 0 bridgehead atoms. The first-order valence-corrected chi connectivity index (χ1v) is 12.2. The largest absolute Gasteiger partial charge is 0.481 e. The minimum atomic E-state index is -0.883. The van der Waals surface area contributed by atoms with Crippen LogP contribution in [-0.2, 0) is 9.53 Å². The van der Waals surface area contributed by atoms with Crippen molar-refractivity contribution in [1.82, 2.24) is 15.5 Å². The summed E-state index contributed by atoms with van der Waals surface area (Å²) in [7, 11) is 1.70. The predicted molar refractivity (Wildman–Crippen MR) is 140 cm³/mol. The lowest BCUT2D eigenvalue weighted by molar-refractivity contribution is -0.141. The van der Waals surface area contributed by atoms with E-state index < -0.39 is 11.9 Å². The number of carbonyl (C=O) groups excluding carboxylic acids is 1. The van der Waals surface area contributed by atoms with Gasteiger partial charge in [0.2, 0.25) is 5.82 Å². The zero-order valence-corrected chi connectivity index (χ0v) is 21.2. The van der Waals surface area contributed by atoms with Crippen LogP contribution in [0.25, 0.3) is 22.5 Å². The van der Waals surface area contributed by atoms with Crippen molar-refractivity contribution in [2.24, 2.45) is 11.3 Å². The van der Waals surface area contributed by atoms with Gasteiger partial charge in [0.15, 0.2) is 0 Å². The second-order valence-electron chi connectivity index (χ2n) is 9.60. The highest BCUT2D eigenvalue weighted by Crippen LogP contribution is 2.45. The van der Waals surface area contributed by atoms with Crippen LogP contribution in [0.15, 0.2) is 71.3 Å². The number of nitrogens with zero attached hydrogens (tertiary/aromatic N) is 2. The third kappa shape index (κ3) is 6.03. The number of carbonyl (C=O) groups is 2. The lowest BCUT2D eigenvalue weighted by Gasteiger charge is -2.34. The molecule has 0 fully saturated rings. The summed E-state index contributed by atoms with van der Waals surface area (Å²) in [6.45, 7) is 4.59. The number of rotatable bonds is 10. The molecule has 0 radical (unpaired) electrons. The number of carboxylic acids is 1. The first-order valence-electron chi connectivity index (χ1n) is 12.2. The van der Waals surface area contributed by atoms with Crippen LogP contribution in [0.5, 0.6) is 0 Å². The first kappa shape index (κ1) is 26.0. The van der Waals surface area contributed by atoms with Crippen LogP contribution in [0.2, 0.25) is 0 Å². The summed E-state index contributed by atoms with van der Waals surface area (Å²) in [4.78, 5) is 28.1. The van der Waals surface area contributed by atoms with E-state index in [4.69, 9.17) is 14.4 Å². The number of hydrogen-bond acceptors (Lipinski definition) is 6. The topological polar surface area (TPSA) is 115 Å². The number of benzene rings is 2. The van der Waals surface area contributed by atoms with Crippen molar-refractivity contribution in [2.45, 2.75) is 26.7 Å². The van der Waals surface area contributed by atoms with E-state index >= 15 is 0 Å². The fourth-order valence-electron chi connectivity index (χ4n) is 4.51. The molecule has 0 spiro atoms. The maximum Gasteiger partial charge on any atom is 0.306 e. The van der Waals surface area contributed by atoms with Gasteiger partial charge in [0, 0.05) is 35.8 Å². The molecule has 3 aromatic rings. The molecule has 192 valence electrons. The van der Waals surface area contributed by atoms with Gasteiger partial charge < -0.3 is 19.7 Å². The molecule has 1 amide bonds. The van der Waals surface area contributed by atoms with E-state index in [-0.39, 0.29) is 17.9 Å². The number of aliphatic carboxylic acids is 1. The molecular weight excluding hydrogens is 470 g/mol. The molecule has 2 aromatic carbocycles. The highest BCUT2D eigenvalue weighted by Gasteiger charge is 2.35. The van der Waals surface area contributed by atoms with Gasteiger partial charge in [0.05, 0.1) is 12.5 Å². The van der Waals surface area contributed by atoms with Crippen molar-refractivity contribution < 1.29 is 24.0 Å². The zero-order valence-electron chi connectivity index (χ0n) is 21.2. The van der Waals surface area contributed by atoms with Crippen molar-refractivity contribution in [1.29, 1.82) is 0 Å². The van der Waals surface area contributed by atoms with Crippen molar-refractivity contribution in [3.8, 4) is 11.4 Å². The number of aromatic nitrogens is 2. The van der Waals surface area contributed by atoms with E-state index in [2.05, 4.69) is 40.6 Å². The van der Waals surface area contributed by atoms with Gasteiger partial charge in [-0.1, -0.05) is 73.6 Å². The molecular formula is C29H31N3O5. The summed E-state index contributed by atoms with van der Waals surface area (Å²) in [6, 6.07) is 17.2. The summed E-state index contributed by atoms with van der Waals surface area (Å²) >= 11 is 0. The molecule has 4 rings (SSSR count). The molecule has 1 aliphatic rings. The van der Waals surface area contributed by atoms with Crippen LogP contribution in [0.3, 0.4) is 0 Å². The van der Waals surface area contributed by atoms with Gasteiger partial charge >= 0.3 is 5.97 Å². The van der Waals surface area contributed by atoms with Crippen molar-refractivity contribution in [2.75, 3.05) is 20.3 Å². The molecule has 8 heteroatoms. The number of amides is 1. The Bertz CT molecular complexity index is 1330. The van der Waals surface area contributed by atoms with Crippen LogP contribution in [0, 0.1) is 11.3 Å². The lowest BCUT2D eigenvalue weighted by atomic mass is 9.71. The monoisotopic (exact) mass is 501 g/mol. The lowest BCUT2D eigenvalue weighted by Crippen LogP contribution is -2.27. The first-order chi connectivity index (χ1) is 17.8. The molecule has 0 saturated heterocycles. The highest BCUT2D eigenvalue weighted by molar-refractivity contribution is 5.95. The number of carboxylic acid groups (broad SMARTS) is 1. The number of ether oxygens (including phenoxy) is 1. The maximum atomic E-state index is 12.6. The Morgan fingerprint density at radius 2 is 1.89 bits per heavy atom. The Morgan fingerprint density at radius 1 is 1.14 bits per heavy atom. The molecule has 1 aromatic heterocycles. The maximum absolute atomic E-state index is 12.6. The Kier molecular flexibility index (Phi) is 7.98. The minimum absolute atomic E-state index is 0.273. The summed E-state index contributed by atoms with van der Waals surface area (Å²) < 4.78 is 11.2. The van der Waals surface area contributed by atoms with E-state index in [1.165, 1.54) is 5.57 Å². The molecule has 2 N–H and O–H groups in total. The molecule has 8 nitrogen and oxygen atoms in total. The third-order valence-electron chi connectivity index (χ3n) is 6.60. The van der Waals surface area contributed by atoms with Gasteiger partial charge in [0.25, 0.3) is 11.8 Å². The number of hydrogen-bond donors (Lipinski definition) is 2. The Morgan fingerprint density at radius 3 is 2.62 bits per heavy atom. The van der Waals surface area contributed by atoms with Crippen molar-refractivity contribution in [3.05, 3.63) is 83.8 Å². The SMILES string of the molecule is COCC1(C)CC(c2nc(-c3cccc(C(=O)NCCC(C)C(=O)O)c3)no2)=CC=C1c1ccccc1. The number of allylic oxidation sites excluding steroid dienone is 3. The van der Waals surface area contributed by atoms with E-state index in [0.29, 0.717) is 42.3 Å². The van der Waals surface area contributed by atoms with Gasteiger partial charge in [-0.05, 0) is 36.1 Å². The average molecular weight is 502 g/mol. The van der Waals surface area contributed by atoms with Crippen LogP contribution in [-0.4, -0.2) is 47.4 Å². The Balaban J connectivity index is 1.52. The van der Waals surface area contributed by atoms with E-state index in [1.54, 1.807) is 32.2 Å². The second-order valence-corrected chi connectivity index (χ2v) is 9.60. The molecule has 1 aliphatic carbocycles. The summed E-state index contributed by atoms with van der Waals surface area (Å²) in [5, 5.41) is 15.9. The van der Waals surface area contributed by atoms with Gasteiger partial charge in [-0.25, -0.2) is 0 Å². The normalized spacial score (nSPS) is 18.0. The molecule has 1 heterocycles. The van der Waals surface area contributed by atoms with Gasteiger partial charge in [-0.3, -0.25) is 9.59 Å². The molecule has 0 saturated carbocycles. The second kappa shape index (κ2) is 11.3. The molecule has 2 unspecified atom stereocenters. The standard InChI is InChI=1S/C29H31N3O5/c1-19(28(34)35)14-15-30-26(33)22-11-7-10-21(16-22)25-31-27(37-32-25)23-12-13-24(20-8-5-4-6-9-20)29(2,17-23)18-36-3/h4-13,16,19H,14-15,17-18H2,1-3H3,(H,30,33)(H,34,35). The fraction of sp³-hybridized carbons (Fsp3) is 0.310. The number of nitrogens with one attached hydrogen (secondary N) is 1. The fourth-order valence-corrected chi connectivity index (χ4v) is 4.51. The minimum Gasteiger partial charge on any atom is -0.481 e. The Hall–Kier alpha value is -4.04. The van der Waals surface area contributed by atoms with Crippen LogP contribution in [0.1, 0.15) is 48.5 Å². The van der Waals surface area contributed by atoms with Gasteiger partial charge in [-0.15, -0.1) is 0 Å². The van der Waals surface area contributed by atoms with Gasteiger partial charge in [0.1, 0.15) is 0 Å². The van der Waals surface area contributed by atoms with E-state index in [0.717, 1.165) is 11.1 Å². The highest BCUT2D eigenvalue weighted by atomic mass is 16.5. The molecule has 37 heavy (non-hydrogen) atoms. The van der Waals surface area contributed by atoms with Crippen LogP contribution in [0.4, 0.5) is 0 Å². The number of methoxy groups -OCH3 is 1. The summed E-state index contributed by atoms with van der Waals surface area (Å²) in [6.07, 6.45) is 5.12. The third-order valence-corrected chi connectivity index (χ3v) is 6.60. The van der Waals surface area contributed by atoms with Crippen LogP contribution >= 0.6 is 0 Å². The van der Waals surface area contributed by atoms with Gasteiger partial charge in [-0.2, -0.15) is 4.98 Å². The van der Waals surface area contributed by atoms with Crippen LogP contribution < -0.4 is 5.32 Å². The summed E-state index contributed by atoms with van der Waals surface area (Å²) in [5.74, 6) is -0.879. The van der Waals surface area contributed by atoms with Crippen molar-refractivity contribution in [3.63, 3.8) is 0 Å².